The highest BCUT2D eigenvalue weighted by Gasteiger charge is 2.35. The Morgan fingerprint density at radius 2 is 1.62 bits per heavy atom. The van der Waals surface area contributed by atoms with E-state index >= 15 is 0 Å². The van der Waals surface area contributed by atoms with Crippen molar-refractivity contribution in [2.75, 3.05) is 0 Å². The van der Waals surface area contributed by atoms with E-state index in [0.29, 0.717) is 0 Å². The fraction of sp³-hybridized carbons (Fsp3) is 0.455. The number of hydrogen-bond acceptors (Lipinski definition) is 2. The number of hydrogen-bond donors (Lipinski definition) is 2. The van der Waals surface area contributed by atoms with Gasteiger partial charge in [-0.1, -0.05) is 31.2 Å². The smallest absolute Gasteiger partial charge is 0.0955 e. The van der Waals surface area contributed by atoms with Crippen LogP contribution in [0.15, 0.2) is 24.3 Å². The molecule has 0 unspecified atom stereocenters. The zero-order valence-electron chi connectivity index (χ0n) is 8.22. The molecule has 70 valence electrons. The number of aryl methyl sites for hydroxylation is 1. The van der Waals surface area contributed by atoms with Crippen LogP contribution in [0.5, 0.6) is 0 Å². The highest BCUT2D eigenvalue weighted by molar-refractivity contribution is 5.24. The number of nitrogens with one attached hydrogen (secondary N) is 2. The molecular formula is C11H16N2. The lowest BCUT2D eigenvalue weighted by Gasteiger charge is -2.05. The van der Waals surface area contributed by atoms with Gasteiger partial charge in [-0.15, -0.1) is 0 Å². The zero-order chi connectivity index (χ0) is 9.31. The molecule has 0 spiro atoms. The van der Waals surface area contributed by atoms with Gasteiger partial charge in [-0.3, -0.25) is 0 Å². The van der Waals surface area contributed by atoms with Gasteiger partial charge in [0.15, 0.2) is 0 Å². The van der Waals surface area contributed by atoms with Crippen molar-refractivity contribution in [1.82, 2.24) is 10.9 Å². The van der Waals surface area contributed by atoms with Crippen LogP contribution < -0.4 is 10.9 Å². The molecule has 1 saturated heterocycles. The SMILES string of the molecule is CCc1ccc(CC2(C)NN2)cc1. The standard InChI is InChI=1S/C11H16N2/c1-3-9-4-6-10(7-5-9)8-11(2)12-13-11/h4-7,12-13H,3,8H2,1-2H3. The van der Waals surface area contributed by atoms with Crippen molar-refractivity contribution in [2.24, 2.45) is 0 Å². The molecule has 1 heterocycles. The molecule has 13 heavy (non-hydrogen) atoms. The first-order valence-corrected chi connectivity index (χ1v) is 4.84. The first-order valence-electron chi connectivity index (χ1n) is 4.84. The summed E-state index contributed by atoms with van der Waals surface area (Å²) in [5.74, 6) is 0. The van der Waals surface area contributed by atoms with Crippen molar-refractivity contribution < 1.29 is 0 Å². The van der Waals surface area contributed by atoms with Crippen LogP contribution in [0.4, 0.5) is 0 Å². The molecule has 1 aliphatic rings. The predicted octanol–water partition coefficient (Wildman–Crippen LogP) is 1.62. The molecule has 1 aromatic rings. The Labute approximate surface area is 79.3 Å². The maximum atomic E-state index is 3.14. The molecule has 2 nitrogen and oxygen atoms in total. The van der Waals surface area contributed by atoms with Gasteiger partial charge in [-0.05, 0) is 24.5 Å². The summed E-state index contributed by atoms with van der Waals surface area (Å²) in [6, 6.07) is 8.85. The molecule has 1 aromatic carbocycles. The Kier molecular flexibility index (Phi) is 2.10. The van der Waals surface area contributed by atoms with E-state index in [4.69, 9.17) is 0 Å². The molecular weight excluding hydrogens is 160 g/mol. The van der Waals surface area contributed by atoms with Gasteiger partial charge in [0.05, 0.1) is 5.66 Å². The Hall–Kier alpha value is -0.860. The van der Waals surface area contributed by atoms with Crippen LogP contribution in [0.25, 0.3) is 0 Å². The summed E-state index contributed by atoms with van der Waals surface area (Å²) in [5.41, 5.74) is 9.22. The monoisotopic (exact) mass is 176 g/mol. The lowest BCUT2D eigenvalue weighted by Crippen LogP contribution is -2.15. The quantitative estimate of drug-likeness (QED) is 0.687. The van der Waals surface area contributed by atoms with Crippen molar-refractivity contribution >= 4 is 0 Å². The first kappa shape index (κ1) is 8.73. The molecule has 0 amide bonds. The molecule has 0 aliphatic carbocycles. The summed E-state index contributed by atoms with van der Waals surface area (Å²) in [5, 5.41) is 0. The molecule has 0 radical (unpaired) electrons. The minimum atomic E-state index is 0.147. The minimum Gasteiger partial charge on any atom is -0.235 e. The van der Waals surface area contributed by atoms with Crippen LogP contribution in [0.2, 0.25) is 0 Å². The Morgan fingerprint density at radius 3 is 2.08 bits per heavy atom. The molecule has 1 aliphatic heterocycles. The molecule has 0 saturated carbocycles. The van der Waals surface area contributed by atoms with Gasteiger partial charge in [0.25, 0.3) is 0 Å². The topological polar surface area (TPSA) is 43.9 Å². The number of benzene rings is 1. The average molecular weight is 176 g/mol. The van der Waals surface area contributed by atoms with Crippen molar-refractivity contribution in [3.8, 4) is 0 Å². The second kappa shape index (κ2) is 3.13. The Balaban J connectivity index is 2.05. The van der Waals surface area contributed by atoms with Crippen LogP contribution in [0.3, 0.4) is 0 Å². The summed E-state index contributed by atoms with van der Waals surface area (Å²) in [6.07, 6.45) is 2.17. The Morgan fingerprint density at radius 1 is 1.08 bits per heavy atom. The summed E-state index contributed by atoms with van der Waals surface area (Å²) in [7, 11) is 0. The van der Waals surface area contributed by atoms with E-state index in [1.54, 1.807) is 0 Å². The van der Waals surface area contributed by atoms with E-state index in [0.717, 1.165) is 12.8 Å². The largest absolute Gasteiger partial charge is 0.235 e. The normalized spacial score (nSPS) is 18.6. The summed E-state index contributed by atoms with van der Waals surface area (Å²) in [4.78, 5) is 0. The van der Waals surface area contributed by atoms with Crippen LogP contribution >= 0.6 is 0 Å². The molecule has 0 atom stereocenters. The van der Waals surface area contributed by atoms with E-state index in [9.17, 15) is 0 Å². The second-order valence-electron chi connectivity index (χ2n) is 3.93. The van der Waals surface area contributed by atoms with Crippen LogP contribution in [-0.2, 0) is 12.8 Å². The zero-order valence-corrected chi connectivity index (χ0v) is 8.22. The van der Waals surface area contributed by atoms with E-state index < -0.39 is 0 Å². The van der Waals surface area contributed by atoms with Gasteiger partial charge < -0.3 is 0 Å². The van der Waals surface area contributed by atoms with E-state index in [-0.39, 0.29) is 5.66 Å². The van der Waals surface area contributed by atoms with Crippen LogP contribution in [-0.4, -0.2) is 5.66 Å². The highest BCUT2D eigenvalue weighted by Crippen LogP contribution is 2.16. The van der Waals surface area contributed by atoms with Crippen LogP contribution in [0.1, 0.15) is 25.0 Å². The van der Waals surface area contributed by atoms with Crippen molar-refractivity contribution in [3.63, 3.8) is 0 Å². The number of rotatable bonds is 3. The summed E-state index contributed by atoms with van der Waals surface area (Å²) >= 11 is 0. The summed E-state index contributed by atoms with van der Waals surface area (Å²) < 4.78 is 0. The molecule has 2 N–H and O–H groups in total. The van der Waals surface area contributed by atoms with E-state index in [1.165, 1.54) is 11.1 Å². The van der Waals surface area contributed by atoms with Crippen LogP contribution in [0, 0.1) is 0 Å². The van der Waals surface area contributed by atoms with Gasteiger partial charge in [-0.2, -0.15) is 0 Å². The maximum absolute atomic E-state index is 3.14. The third kappa shape index (κ3) is 2.08. The van der Waals surface area contributed by atoms with Gasteiger partial charge >= 0.3 is 0 Å². The third-order valence-electron chi connectivity index (χ3n) is 2.54. The van der Waals surface area contributed by atoms with E-state index in [2.05, 4.69) is 49.0 Å². The van der Waals surface area contributed by atoms with Gasteiger partial charge in [0, 0.05) is 6.42 Å². The van der Waals surface area contributed by atoms with Gasteiger partial charge in [0.1, 0.15) is 0 Å². The van der Waals surface area contributed by atoms with Gasteiger partial charge in [-0.25, -0.2) is 10.9 Å². The third-order valence-corrected chi connectivity index (χ3v) is 2.54. The number of hydrazine groups is 1. The van der Waals surface area contributed by atoms with Gasteiger partial charge in [0.2, 0.25) is 0 Å². The fourth-order valence-corrected chi connectivity index (χ4v) is 1.50. The van der Waals surface area contributed by atoms with Crippen molar-refractivity contribution in [2.45, 2.75) is 32.4 Å². The molecule has 2 heteroatoms. The molecule has 2 rings (SSSR count). The first-order chi connectivity index (χ1) is 6.22. The fourth-order valence-electron chi connectivity index (χ4n) is 1.50. The lowest BCUT2D eigenvalue weighted by atomic mass is 10.0. The van der Waals surface area contributed by atoms with E-state index in [1.807, 2.05) is 0 Å². The average Bonchev–Trinajstić information content (AvgIpc) is 2.85. The lowest BCUT2D eigenvalue weighted by molar-refractivity contribution is 0.667. The minimum absolute atomic E-state index is 0.147. The molecule has 0 bridgehead atoms. The highest BCUT2D eigenvalue weighted by atomic mass is 15.7. The maximum Gasteiger partial charge on any atom is 0.0955 e. The molecule has 1 fully saturated rings. The summed E-state index contributed by atoms with van der Waals surface area (Å²) in [6.45, 7) is 4.35. The van der Waals surface area contributed by atoms with Crippen molar-refractivity contribution in [1.29, 1.82) is 0 Å². The molecule has 0 aromatic heterocycles. The van der Waals surface area contributed by atoms with Crippen molar-refractivity contribution in [3.05, 3.63) is 35.4 Å². The second-order valence-corrected chi connectivity index (χ2v) is 3.93. The predicted molar refractivity (Wildman–Crippen MR) is 54.2 cm³/mol. The Bertz CT molecular complexity index is 285.